The number of pyridine rings is 2. The molecule has 1 unspecified atom stereocenters. The number of hydrogen-bond acceptors (Lipinski definition) is 8. The van der Waals surface area contributed by atoms with Crippen molar-refractivity contribution < 1.29 is 74.0 Å². The second-order valence-corrected chi connectivity index (χ2v) is 9.17. The molecule has 4 rings (SSSR count). The molecule has 0 spiro atoms. The third kappa shape index (κ3) is 16.9. The van der Waals surface area contributed by atoms with Crippen LogP contribution in [0.25, 0.3) is 0 Å². The summed E-state index contributed by atoms with van der Waals surface area (Å²) in [7, 11) is 0. The Balaban J connectivity index is 0.000000430. The number of imidazole rings is 1. The molecule has 1 aliphatic heterocycles. The second-order valence-electron chi connectivity index (χ2n) is 9.17. The topological polar surface area (TPSA) is 168 Å². The van der Waals surface area contributed by atoms with Crippen LogP contribution < -0.4 is 0 Å². The van der Waals surface area contributed by atoms with Crippen LogP contribution >= 0.6 is 0 Å². The summed E-state index contributed by atoms with van der Waals surface area (Å²) in [6.07, 6.45) is -3.95. The Morgan fingerprint density at radius 3 is 1.77 bits per heavy atom. The fourth-order valence-corrected chi connectivity index (χ4v) is 3.42. The molecule has 0 saturated carbocycles. The van der Waals surface area contributed by atoms with Crippen molar-refractivity contribution >= 4 is 17.9 Å². The van der Waals surface area contributed by atoms with E-state index >= 15 is 0 Å². The quantitative estimate of drug-likeness (QED) is 0.313. The summed E-state index contributed by atoms with van der Waals surface area (Å²) in [4.78, 5) is 41.9. The minimum atomic E-state index is -5.08. The lowest BCUT2D eigenvalue weighted by atomic mass is 10.1. The van der Waals surface area contributed by atoms with E-state index in [1.165, 1.54) is 5.56 Å². The van der Waals surface area contributed by atoms with Gasteiger partial charge >= 0.3 is 36.4 Å². The van der Waals surface area contributed by atoms with Crippen LogP contribution in [0.2, 0.25) is 0 Å². The van der Waals surface area contributed by atoms with Gasteiger partial charge in [0.25, 0.3) is 0 Å². The number of carboxylic acids is 3. The number of rotatable bonds is 6. The van der Waals surface area contributed by atoms with Gasteiger partial charge in [0.1, 0.15) is 5.82 Å². The summed E-state index contributed by atoms with van der Waals surface area (Å²) in [5.74, 6) is -6.73. The van der Waals surface area contributed by atoms with Crippen LogP contribution in [0.1, 0.15) is 17.0 Å². The minimum absolute atomic E-state index is 0.420. The maximum absolute atomic E-state index is 10.6. The molecule has 3 aromatic heterocycles. The van der Waals surface area contributed by atoms with Crippen molar-refractivity contribution in [1.82, 2.24) is 24.4 Å². The molecule has 21 heteroatoms. The average Bonchev–Trinajstić information content (AvgIpc) is 3.32. The molecular weight excluding hydrogens is 665 g/mol. The molecule has 0 fully saturated rings. The van der Waals surface area contributed by atoms with Crippen LogP contribution in [-0.4, -0.2) is 89.3 Å². The van der Waals surface area contributed by atoms with E-state index in [2.05, 4.69) is 42.7 Å². The lowest BCUT2D eigenvalue weighted by molar-refractivity contribution is -0.193. The minimum Gasteiger partial charge on any atom is -0.475 e. The summed E-state index contributed by atoms with van der Waals surface area (Å²) in [5, 5.41) is 21.4. The highest BCUT2D eigenvalue weighted by Crippen LogP contribution is 2.19. The number of fused-ring (bicyclic) bond motifs is 1. The predicted molar refractivity (Wildman–Crippen MR) is 139 cm³/mol. The van der Waals surface area contributed by atoms with Crippen LogP contribution in [0.15, 0.2) is 61.4 Å². The smallest absolute Gasteiger partial charge is 0.475 e. The monoisotopic (exact) mass is 691 g/mol. The molecule has 260 valence electrons. The summed E-state index contributed by atoms with van der Waals surface area (Å²) in [6, 6.07) is 8.14. The van der Waals surface area contributed by atoms with Gasteiger partial charge in [-0.25, -0.2) is 19.4 Å². The Morgan fingerprint density at radius 1 is 0.766 bits per heavy atom. The lowest BCUT2D eigenvalue weighted by Crippen LogP contribution is -2.30. The van der Waals surface area contributed by atoms with Gasteiger partial charge in [-0.3, -0.25) is 14.9 Å². The van der Waals surface area contributed by atoms with Crippen LogP contribution in [0.5, 0.6) is 0 Å². The number of hydrogen-bond donors (Lipinski definition) is 3. The van der Waals surface area contributed by atoms with Gasteiger partial charge in [-0.1, -0.05) is 6.07 Å². The van der Waals surface area contributed by atoms with Crippen LogP contribution in [0.3, 0.4) is 0 Å². The zero-order chi connectivity index (χ0) is 35.8. The summed E-state index contributed by atoms with van der Waals surface area (Å²) >= 11 is 0. The fourth-order valence-electron chi connectivity index (χ4n) is 3.42. The van der Waals surface area contributed by atoms with Crippen molar-refractivity contribution in [1.29, 1.82) is 0 Å². The van der Waals surface area contributed by atoms with E-state index in [1.54, 1.807) is 6.20 Å². The maximum atomic E-state index is 10.6. The third-order valence-electron chi connectivity index (χ3n) is 5.37. The van der Waals surface area contributed by atoms with E-state index in [1.807, 2.05) is 36.9 Å². The van der Waals surface area contributed by atoms with E-state index in [4.69, 9.17) is 34.4 Å². The Labute approximate surface area is 259 Å². The standard InChI is InChI=1S/C20H23N5O.3C2HF3O2/c1-2-18(10-22-5-1)15-26-16-19-12-24(11-17-3-6-21-7-4-17)14-20-23-8-9-25(20)13-19;3*3-2(4,5)1(6)7/h1-10,19H,11-16H2;3*(H,6,7). The molecule has 0 aliphatic carbocycles. The highest BCUT2D eigenvalue weighted by atomic mass is 19.4. The van der Waals surface area contributed by atoms with Crippen LogP contribution in [-0.2, 0) is 45.4 Å². The van der Waals surface area contributed by atoms with Gasteiger partial charge in [0.05, 0.1) is 19.8 Å². The van der Waals surface area contributed by atoms with E-state index in [-0.39, 0.29) is 0 Å². The van der Waals surface area contributed by atoms with Crippen molar-refractivity contribution in [3.05, 3.63) is 78.4 Å². The summed E-state index contributed by atoms with van der Waals surface area (Å²) < 4.78 is 103. The van der Waals surface area contributed by atoms with Gasteiger partial charge < -0.3 is 24.6 Å². The first-order chi connectivity index (χ1) is 21.7. The number of halogens is 9. The molecule has 3 N–H and O–H groups in total. The second kappa shape index (κ2) is 18.4. The first kappa shape index (κ1) is 40.2. The first-order valence-corrected chi connectivity index (χ1v) is 12.7. The molecule has 4 heterocycles. The van der Waals surface area contributed by atoms with E-state index in [0.717, 1.165) is 44.2 Å². The maximum Gasteiger partial charge on any atom is 0.490 e. The normalized spacial score (nSPS) is 14.8. The van der Waals surface area contributed by atoms with E-state index in [9.17, 15) is 39.5 Å². The number of aromatic nitrogens is 4. The zero-order valence-corrected chi connectivity index (χ0v) is 23.7. The molecule has 0 saturated heterocycles. The molecule has 0 aromatic carbocycles. The van der Waals surface area contributed by atoms with Crippen molar-refractivity contribution in [3.8, 4) is 0 Å². The zero-order valence-electron chi connectivity index (χ0n) is 23.7. The molecule has 0 amide bonds. The van der Waals surface area contributed by atoms with Gasteiger partial charge in [-0.15, -0.1) is 0 Å². The lowest BCUT2D eigenvalue weighted by Gasteiger charge is -2.23. The molecule has 0 radical (unpaired) electrons. The number of carboxylic acid groups (broad SMARTS) is 3. The fraction of sp³-hybridized carbons (Fsp3) is 0.385. The van der Waals surface area contributed by atoms with Crippen molar-refractivity contribution in [3.63, 3.8) is 0 Å². The highest BCUT2D eigenvalue weighted by Gasteiger charge is 2.39. The van der Waals surface area contributed by atoms with Gasteiger partial charge in [-0.2, -0.15) is 39.5 Å². The molecular formula is C26H26F9N5O7. The average molecular weight is 692 g/mol. The van der Waals surface area contributed by atoms with Crippen molar-refractivity contribution in [2.75, 3.05) is 13.2 Å². The number of carbonyl (C=O) groups is 3. The predicted octanol–water partition coefficient (Wildman–Crippen LogP) is 4.42. The van der Waals surface area contributed by atoms with Crippen molar-refractivity contribution in [2.24, 2.45) is 5.92 Å². The Morgan fingerprint density at radius 2 is 1.30 bits per heavy atom. The number of nitrogens with zero attached hydrogens (tertiary/aromatic N) is 5. The third-order valence-corrected chi connectivity index (χ3v) is 5.37. The molecule has 47 heavy (non-hydrogen) atoms. The largest absolute Gasteiger partial charge is 0.490 e. The number of alkyl halides is 9. The molecule has 0 bridgehead atoms. The SMILES string of the molecule is O=C(O)C(F)(F)F.O=C(O)C(F)(F)F.O=C(O)C(F)(F)F.c1cncc(COCC2CN(Cc3ccncc3)Cc3nccn3C2)c1. The Hall–Kier alpha value is -4.79. The Kier molecular flexibility index (Phi) is 15.7. The Bertz CT molecular complexity index is 1330. The molecule has 1 aliphatic rings. The number of aliphatic carboxylic acids is 3. The van der Waals surface area contributed by atoms with E-state index < -0.39 is 36.4 Å². The van der Waals surface area contributed by atoms with Crippen LogP contribution in [0.4, 0.5) is 39.5 Å². The molecule has 1 atom stereocenters. The van der Waals surface area contributed by atoms with Crippen molar-refractivity contribution in [2.45, 2.75) is 44.8 Å². The highest BCUT2D eigenvalue weighted by molar-refractivity contribution is 5.73. The summed E-state index contributed by atoms with van der Waals surface area (Å²) in [5.41, 5.74) is 2.38. The number of ether oxygens (including phenoxy) is 1. The first-order valence-electron chi connectivity index (χ1n) is 12.7. The summed E-state index contributed by atoms with van der Waals surface area (Å²) in [6.45, 7) is 5.00. The van der Waals surface area contributed by atoms with Gasteiger partial charge in [-0.05, 0) is 29.3 Å². The molecule has 3 aromatic rings. The molecule has 12 nitrogen and oxygen atoms in total. The van der Waals surface area contributed by atoms with E-state index in [0.29, 0.717) is 12.5 Å². The van der Waals surface area contributed by atoms with Crippen LogP contribution in [0, 0.1) is 5.92 Å². The van der Waals surface area contributed by atoms with Gasteiger partial charge in [0, 0.05) is 62.7 Å². The van der Waals surface area contributed by atoms with Gasteiger partial charge in [0.2, 0.25) is 0 Å². The van der Waals surface area contributed by atoms with Gasteiger partial charge in [0.15, 0.2) is 0 Å².